The van der Waals surface area contributed by atoms with E-state index in [1.165, 1.54) is 0 Å². The summed E-state index contributed by atoms with van der Waals surface area (Å²) in [5, 5.41) is 9.11. The molecule has 1 atom stereocenters. The summed E-state index contributed by atoms with van der Waals surface area (Å²) >= 11 is 0. The summed E-state index contributed by atoms with van der Waals surface area (Å²) < 4.78 is 21.4. The van der Waals surface area contributed by atoms with Gasteiger partial charge in [-0.05, 0) is 0 Å². The van der Waals surface area contributed by atoms with Gasteiger partial charge in [0.2, 0.25) is 5.91 Å². The molecule has 0 aromatic rings. The van der Waals surface area contributed by atoms with E-state index >= 15 is 0 Å². The van der Waals surface area contributed by atoms with Crippen LogP contribution in [0.25, 0.3) is 0 Å². The van der Waals surface area contributed by atoms with E-state index in [-0.39, 0.29) is 13.1 Å². The molecule has 11 nitrogen and oxygen atoms in total. The lowest BCUT2D eigenvalue weighted by Gasteiger charge is -2.25. The SMILES string of the molecule is NC(=O)C[C@@H](C(=O)O)N(CC=CP(=O)(O)O)CC=CP(=O)(O)O. The quantitative estimate of drug-likeness (QED) is 0.258. The smallest absolute Gasteiger partial charge is 0.348 e. The van der Waals surface area contributed by atoms with Crippen LogP contribution in [-0.2, 0) is 18.7 Å². The number of carboxylic acid groups (broad SMARTS) is 1. The number of aliphatic carboxylic acids is 1. The Kier molecular flexibility index (Phi) is 8.57. The molecule has 0 spiro atoms. The van der Waals surface area contributed by atoms with Crippen LogP contribution in [0.5, 0.6) is 0 Å². The third-order valence-electron chi connectivity index (χ3n) is 2.40. The van der Waals surface area contributed by atoms with Gasteiger partial charge in [0.15, 0.2) is 0 Å². The average Bonchev–Trinajstić information content (AvgIpc) is 2.30. The zero-order valence-electron chi connectivity index (χ0n) is 11.8. The number of primary amides is 1. The van der Waals surface area contributed by atoms with Crippen LogP contribution in [0.4, 0.5) is 0 Å². The van der Waals surface area contributed by atoms with Crippen LogP contribution in [0.3, 0.4) is 0 Å². The molecule has 132 valence electrons. The van der Waals surface area contributed by atoms with E-state index in [1.54, 1.807) is 0 Å². The van der Waals surface area contributed by atoms with Crippen molar-refractivity contribution in [3.63, 3.8) is 0 Å². The molecule has 23 heavy (non-hydrogen) atoms. The molecule has 0 unspecified atom stereocenters. The third-order valence-corrected chi connectivity index (χ3v) is 3.60. The van der Waals surface area contributed by atoms with E-state index in [9.17, 15) is 18.7 Å². The van der Waals surface area contributed by atoms with Crippen molar-refractivity contribution in [3.05, 3.63) is 23.8 Å². The molecule has 0 radical (unpaired) electrons. The van der Waals surface area contributed by atoms with Crippen molar-refractivity contribution in [2.45, 2.75) is 12.5 Å². The zero-order chi connectivity index (χ0) is 18.3. The summed E-state index contributed by atoms with van der Waals surface area (Å²) in [7, 11) is -8.89. The molecule has 0 bridgehead atoms. The van der Waals surface area contributed by atoms with Gasteiger partial charge >= 0.3 is 21.2 Å². The maximum atomic E-state index is 11.2. The predicted molar refractivity (Wildman–Crippen MR) is 79.2 cm³/mol. The van der Waals surface area contributed by atoms with E-state index < -0.39 is 39.5 Å². The van der Waals surface area contributed by atoms with E-state index in [4.69, 9.17) is 30.4 Å². The van der Waals surface area contributed by atoms with Crippen LogP contribution < -0.4 is 5.73 Å². The largest absolute Gasteiger partial charge is 0.480 e. The Bertz CT molecular complexity index is 543. The van der Waals surface area contributed by atoms with Gasteiger partial charge in [-0.1, -0.05) is 12.2 Å². The third kappa shape index (κ3) is 11.8. The zero-order valence-corrected chi connectivity index (χ0v) is 13.6. The standard InChI is InChI=1S/C10H18N2O9P2/c11-9(13)7-8(10(14)15)12(3-1-5-22(16,17)18)4-2-6-23(19,20)21/h1-2,5-6,8H,3-4,7H2,(H2,11,13)(H,14,15)(H2,16,17,18)(H2,19,20,21)/t8-/m0/s1. The summed E-state index contributed by atoms with van der Waals surface area (Å²) in [5.41, 5.74) is 4.95. The number of carbonyl (C=O) groups is 2. The highest BCUT2D eigenvalue weighted by atomic mass is 31.2. The Balaban J connectivity index is 5.24. The molecule has 13 heteroatoms. The monoisotopic (exact) mass is 372 g/mol. The molecule has 0 rings (SSSR count). The van der Waals surface area contributed by atoms with Crippen molar-refractivity contribution < 1.29 is 43.4 Å². The van der Waals surface area contributed by atoms with E-state index in [2.05, 4.69) is 0 Å². The molecule has 0 saturated heterocycles. The second kappa shape index (κ2) is 9.09. The molecule has 0 fully saturated rings. The van der Waals surface area contributed by atoms with Crippen LogP contribution in [0.2, 0.25) is 0 Å². The van der Waals surface area contributed by atoms with Gasteiger partial charge in [0.05, 0.1) is 6.42 Å². The minimum absolute atomic E-state index is 0.291. The minimum atomic E-state index is -4.44. The molecular formula is C10H18N2O9P2. The van der Waals surface area contributed by atoms with Gasteiger partial charge in [0, 0.05) is 24.7 Å². The number of nitrogens with two attached hydrogens (primary N) is 1. The lowest BCUT2D eigenvalue weighted by Crippen LogP contribution is -2.44. The van der Waals surface area contributed by atoms with Gasteiger partial charge in [-0.2, -0.15) is 0 Å². The number of carboxylic acids is 1. The molecule has 7 N–H and O–H groups in total. The first-order chi connectivity index (χ1) is 10.3. The predicted octanol–water partition coefficient (Wildman–Crippen LogP) is -1.00. The maximum Gasteiger partial charge on any atom is 0.348 e. The second-order valence-corrected chi connectivity index (χ2v) is 7.38. The number of hydrogen-bond acceptors (Lipinski definition) is 5. The Morgan fingerprint density at radius 3 is 1.65 bits per heavy atom. The number of amides is 1. The first-order valence-electron chi connectivity index (χ1n) is 6.03. The molecule has 1 amide bonds. The van der Waals surface area contributed by atoms with Crippen LogP contribution >= 0.6 is 15.2 Å². The molecule has 0 saturated carbocycles. The molecule has 0 aromatic heterocycles. The lowest BCUT2D eigenvalue weighted by molar-refractivity contribution is -0.144. The Morgan fingerprint density at radius 2 is 1.39 bits per heavy atom. The highest BCUT2D eigenvalue weighted by Gasteiger charge is 2.26. The van der Waals surface area contributed by atoms with Gasteiger partial charge in [0.25, 0.3) is 0 Å². The normalized spacial score (nSPS) is 14.7. The van der Waals surface area contributed by atoms with Gasteiger partial charge in [0.1, 0.15) is 6.04 Å². The Morgan fingerprint density at radius 1 is 1.00 bits per heavy atom. The van der Waals surface area contributed by atoms with Crippen molar-refractivity contribution in [2.24, 2.45) is 5.73 Å². The summed E-state index contributed by atoms with van der Waals surface area (Å²) in [6, 6.07) is -1.42. The minimum Gasteiger partial charge on any atom is -0.480 e. The second-order valence-electron chi connectivity index (χ2n) is 4.43. The summed E-state index contributed by atoms with van der Waals surface area (Å²) in [4.78, 5) is 58.0. The van der Waals surface area contributed by atoms with Gasteiger partial charge in [-0.15, -0.1) is 0 Å². The van der Waals surface area contributed by atoms with Crippen LogP contribution in [0.15, 0.2) is 23.8 Å². The van der Waals surface area contributed by atoms with Crippen LogP contribution in [0, 0.1) is 0 Å². The topological polar surface area (TPSA) is 199 Å². The number of rotatable bonds is 10. The van der Waals surface area contributed by atoms with Crippen molar-refractivity contribution in [1.82, 2.24) is 4.90 Å². The number of hydrogen-bond donors (Lipinski definition) is 6. The molecule has 0 aliphatic carbocycles. The van der Waals surface area contributed by atoms with Gasteiger partial charge in [-0.25, -0.2) is 0 Å². The lowest BCUT2D eigenvalue weighted by atomic mass is 10.1. The van der Waals surface area contributed by atoms with Crippen molar-refractivity contribution in [3.8, 4) is 0 Å². The summed E-state index contributed by atoms with van der Waals surface area (Å²) in [6.07, 6.45) is 1.40. The number of nitrogens with zero attached hydrogens (tertiary/aromatic N) is 1. The van der Waals surface area contributed by atoms with E-state index in [0.717, 1.165) is 17.1 Å². The highest BCUT2D eigenvalue weighted by Crippen LogP contribution is 2.36. The fraction of sp³-hybridized carbons (Fsp3) is 0.400. The summed E-state index contributed by atoms with van der Waals surface area (Å²) in [6.45, 7) is -0.582. The fourth-order valence-electron chi connectivity index (χ4n) is 1.53. The molecule has 0 aromatic carbocycles. The van der Waals surface area contributed by atoms with Crippen LogP contribution in [0.1, 0.15) is 6.42 Å². The van der Waals surface area contributed by atoms with Gasteiger partial charge < -0.3 is 30.4 Å². The van der Waals surface area contributed by atoms with Crippen LogP contribution in [-0.4, -0.2) is 60.6 Å². The summed E-state index contributed by atoms with van der Waals surface area (Å²) in [5.74, 6) is -1.23. The van der Waals surface area contributed by atoms with Crippen molar-refractivity contribution >= 4 is 27.1 Å². The van der Waals surface area contributed by atoms with Crippen molar-refractivity contribution in [1.29, 1.82) is 0 Å². The first kappa shape index (κ1) is 21.7. The Labute approximate surface area is 131 Å². The molecule has 0 heterocycles. The fourth-order valence-corrected chi connectivity index (χ4v) is 2.27. The van der Waals surface area contributed by atoms with E-state index in [1.807, 2.05) is 0 Å². The van der Waals surface area contributed by atoms with Gasteiger partial charge in [-0.3, -0.25) is 23.6 Å². The highest BCUT2D eigenvalue weighted by molar-refractivity contribution is 7.55. The average molecular weight is 372 g/mol. The Hall–Kier alpha value is -1.32. The molecular weight excluding hydrogens is 354 g/mol. The number of carbonyl (C=O) groups excluding carboxylic acids is 1. The van der Waals surface area contributed by atoms with E-state index in [0.29, 0.717) is 11.6 Å². The molecule has 0 aliphatic heterocycles. The van der Waals surface area contributed by atoms with Crippen molar-refractivity contribution in [2.75, 3.05) is 13.1 Å². The first-order valence-corrected chi connectivity index (χ1v) is 9.39. The molecule has 0 aliphatic rings. The maximum absolute atomic E-state index is 11.2.